The molecule has 262 valence electrons. The largest absolute Gasteiger partial charge is 0.390 e. The number of halogens is 1. The number of carbonyl (C=O) groups excluding carboxylic acids is 5. The molecule has 5 N–H and O–H groups in total. The van der Waals surface area contributed by atoms with Gasteiger partial charge in [0.2, 0.25) is 23.5 Å². The number of hydrogen-bond donors (Lipinski definition) is 4. The van der Waals surface area contributed by atoms with Crippen molar-refractivity contribution in [2.45, 2.75) is 121 Å². The molecule has 12 nitrogen and oxygen atoms in total. The second-order valence-electron chi connectivity index (χ2n) is 15.7. The lowest BCUT2D eigenvalue weighted by Crippen LogP contribution is -2.59. The molecule has 4 aliphatic rings. The first-order valence-corrected chi connectivity index (χ1v) is 17.3. The van der Waals surface area contributed by atoms with Crippen LogP contribution in [0.25, 0.3) is 0 Å². The monoisotopic (exact) mass is 685 g/mol. The van der Waals surface area contributed by atoms with Gasteiger partial charge >= 0.3 is 0 Å². The Balaban J connectivity index is 1.38. The number of Topliss-reactive ketones (excluding diaryl/α,β-unsaturated/α-hetero) is 1. The summed E-state index contributed by atoms with van der Waals surface area (Å²) >= 11 is 6.23. The number of carbonyl (C=O) groups is 5. The first-order valence-electron chi connectivity index (χ1n) is 16.9. The van der Waals surface area contributed by atoms with Crippen LogP contribution < -0.4 is 16.4 Å². The van der Waals surface area contributed by atoms with Gasteiger partial charge in [-0.2, -0.15) is 0 Å². The zero-order valence-electron chi connectivity index (χ0n) is 28.2. The van der Waals surface area contributed by atoms with E-state index >= 15 is 0 Å². The molecule has 4 amide bonds. The maximum atomic E-state index is 14.5. The van der Waals surface area contributed by atoms with E-state index in [4.69, 9.17) is 22.2 Å². The SMILES string of the molecule is CC1(O)CCC(CC(=O)N[C@H](C(=O)N2CC3(CC(c4cccc(Cl)c4)=NO3)C[C@H]2C(=O)N[C@@H](CC2CC2)C(=O)C(N)=O)C(C)(C)C)CC1. The second kappa shape index (κ2) is 13.8. The smallest absolute Gasteiger partial charge is 0.287 e. The molecule has 13 heteroatoms. The number of nitrogens with two attached hydrogens (primary N) is 1. The molecule has 1 saturated heterocycles. The van der Waals surface area contributed by atoms with Crippen molar-refractivity contribution >= 4 is 46.7 Å². The van der Waals surface area contributed by atoms with Gasteiger partial charge in [-0.3, -0.25) is 24.0 Å². The van der Waals surface area contributed by atoms with E-state index in [2.05, 4.69) is 15.8 Å². The van der Waals surface area contributed by atoms with Gasteiger partial charge in [-0.15, -0.1) is 0 Å². The number of nitrogens with one attached hydrogen (secondary N) is 2. The molecule has 1 aromatic carbocycles. The van der Waals surface area contributed by atoms with Gasteiger partial charge in [-0.05, 0) is 68.4 Å². The standard InChI is InChI=1S/C35H48ClN5O7/c1-33(2,3)29(39-27(42)15-21-10-12-34(4,47)13-11-21)32(46)41-19-35(17-25(40-48-35)22-6-5-7-23(36)16-22)18-26(41)31(45)38-24(14-20-8-9-20)28(43)30(37)44/h5-7,16,20-21,24,26,29,47H,8-15,17-19H2,1-4H3,(H2,37,44)(H,38,45)(H,39,42)/t21?,24-,26-,29+,34?,35?/m0/s1. The van der Waals surface area contributed by atoms with E-state index in [-0.39, 0.29) is 43.6 Å². The molecular formula is C35H48ClN5O7. The molecule has 0 bridgehead atoms. The molecule has 2 heterocycles. The number of benzene rings is 1. The molecule has 3 fully saturated rings. The summed E-state index contributed by atoms with van der Waals surface area (Å²) in [7, 11) is 0. The summed E-state index contributed by atoms with van der Waals surface area (Å²) in [5, 5.41) is 20.9. The number of amides is 4. The maximum Gasteiger partial charge on any atom is 0.287 e. The minimum absolute atomic E-state index is 0.00863. The fourth-order valence-corrected chi connectivity index (χ4v) is 7.30. The lowest BCUT2D eigenvalue weighted by Gasteiger charge is -2.36. The van der Waals surface area contributed by atoms with Crippen molar-refractivity contribution in [3.63, 3.8) is 0 Å². The second-order valence-corrected chi connectivity index (χ2v) is 16.1. The van der Waals surface area contributed by atoms with Gasteiger partial charge in [-0.1, -0.05) is 62.5 Å². The van der Waals surface area contributed by atoms with Crippen LogP contribution in [0.4, 0.5) is 0 Å². The Kier molecular flexibility index (Phi) is 10.3. The molecule has 2 aliphatic heterocycles. The summed E-state index contributed by atoms with van der Waals surface area (Å²) in [6.45, 7) is 7.35. The van der Waals surface area contributed by atoms with Crippen LogP contribution in [0.3, 0.4) is 0 Å². The average Bonchev–Trinajstić information content (AvgIpc) is 3.61. The highest BCUT2D eigenvalue weighted by atomic mass is 35.5. The maximum absolute atomic E-state index is 14.5. The number of aliphatic hydroxyl groups is 1. The highest BCUT2D eigenvalue weighted by Gasteiger charge is 2.56. The van der Waals surface area contributed by atoms with Crippen LogP contribution in [-0.4, -0.2) is 81.0 Å². The number of oxime groups is 1. The number of primary amides is 1. The third-order valence-electron chi connectivity index (χ3n) is 10.2. The van der Waals surface area contributed by atoms with Gasteiger partial charge in [0, 0.05) is 29.8 Å². The third-order valence-corrected chi connectivity index (χ3v) is 10.4. The van der Waals surface area contributed by atoms with Crippen molar-refractivity contribution in [3.8, 4) is 0 Å². The number of likely N-dealkylation sites (tertiary alicyclic amines) is 1. The minimum atomic E-state index is -1.13. The molecule has 48 heavy (non-hydrogen) atoms. The third kappa shape index (κ3) is 8.55. The normalized spacial score (nSPS) is 28.3. The summed E-state index contributed by atoms with van der Waals surface area (Å²) < 4.78 is 0. The number of hydrogen-bond acceptors (Lipinski definition) is 8. The summed E-state index contributed by atoms with van der Waals surface area (Å²) in [5.74, 6) is -3.05. The summed E-state index contributed by atoms with van der Waals surface area (Å²) in [4.78, 5) is 73.9. The van der Waals surface area contributed by atoms with Crippen LogP contribution in [0, 0.1) is 17.3 Å². The van der Waals surface area contributed by atoms with E-state index in [1.165, 1.54) is 4.90 Å². The van der Waals surface area contributed by atoms with Gasteiger partial charge in [0.05, 0.1) is 23.9 Å². The van der Waals surface area contributed by atoms with Crippen LogP contribution in [0.5, 0.6) is 0 Å². The molecule has 0 radical (unpaired) electrons. The zero-order chi connectivity index (χ0) is 35.0. The van der Waals surface area contributed by atoms with Gasteiger partial charge in [0.1, 0.15) is 12.1 Å². The first kappa shape index (κ1) is 35.8. The molecule has 1 spiro atoms. The highest BCUT2D eigenvalue weighted by Crippen LogP contribution is 2.41. The molecular weight excluding hydrogens is 638 g/mol. The number of ketones is 1. The van der Waals surface area contributed by atoms with E-state index in [1.54, 1.807) is 18.2 Å². The Morgan fingerprint density at radius 2 is 1.79 bits per heavy atom. The molecule has 1 unspecified atom stereocenters. The number of nitrogens with zero attached hydrogens (tertiary/aromatic N) is 2. The lowest BCUT2D eigenvalue weighted by atomic mass is 9.78. The van der Waals surface area contributed by atoms with Gasteiger partial charge in [0.15, 0.2) is 5.60 Å². The van der Waals surface area contributed by atoms with E-state index < -0.39 is 58.2 Å². The van der Waals surface area contributed by atoms with E-state index in [0.29, 0.717) is 42.8 Å². The molecule has 4 atom stereocenters. The molecule has 5 rings (SSSR count). The van der Waals surface area contributed by atoms with Crippen LogP contribution in [0.2, 0.25) is 5.02 Å². The summed E-state index contributed by atoms with van der Waals surface area (Å²) in [5.41, 5.74) is 4.21. The van der Waals surface area contributed by atoms with Crippen molar-refractivity contribution in [1.29, 1.82) is 0 Å². The molecule has 1 aromatic rings. The quantitative estimate of drug-likeness (QED) is 0.258. The molecule has 2 saturated carbocycles. The predicted molar refractivity (Wildman–Crippen MR) is 179 cm³/mol. The van der Waals surface area contributed by atoms with Crippen LogP contribution >= 0.6 is 11.6 Å². The summed E-state index contributed by atoms with van der Waals surface area (Å²) in [6.07, 6.45) is 5.30. The van der Waals surface area contributed by atoms with Gasteiger partial charge in [-0.25, -0.2) is 0 Å². The van der Waals surface area contributed by atoms with Crippen molar-refractivity contribution in [1.82, 2.24) is 15.5 Å². The Morgan fingerprint density at radius 1 is 1.10 bits per heavy atom. The highest BCUT2D eigenvalue weighted by molar-refractivity contribution is 6.37. The minimum Gasteiger partial charge on any atom is -0.390 e. The van der Waals surface area contributed by atoms with Crippen molar-refractivity contribution < 1.29 is 33.9 Å². The summed E-state index contributed by atoms with van der Waals surface area (Å²) in [6, 6.07) is 4.01. The lowest BCUT2D eigenvalue weighted by molar-refractivity contribution is -0.145. The average molecular weight is 686 g/mol. The van der Waals surface area contributed by atoms with E-state index in [0.717, 1.165) is 18.4 Å². The van der Waals surface area contributed by atoms with E-state index in [1.807, 2.05) is 33.8 Å². The van der Waals surface area contributed by atoms with Crippen molar-refractivity contribution in [2.24, 2.45) is 28.1 Å². The Bertz CT molecular complexity index is 1480. The topological polar surface area (TPSA) is 180 Å². The van der Waals surface area contributed by atoms with Crippen LogP contribution in [0.1, 0.15) is 97.5 Å². The van der Waals surface area contributed by atoms with Gasteiger partial charge < -0.3 is 31.2 Å². The van der Waals surface area contributed by atoms with Crippen LogP contribution in [0.15, 0.2) is 29.4 Å². The molecule has 2 aliphatic carbocycles. The van der Waals surface area contributed by atoms with Crippen LogP contribution in [-0.2, 0) is 28.8 Å². The first-order chi connectivity index (χ1) is 22.4. The fraction of sp³-hybridized carbons (Fsp3) is 0.657. The van der Waals surface area contributed by atoms with Gasteiger partial charge in [0.25, 0.3) is 5.91 Å². The van der Waals surface area contributed by atoms with Crippen molar-refractivity contribution in [2.75, 3.05) is 6.54 Å². The number of rotatable bonds is 11. The zero-order valence-corrected chi connectivity index (χ0v) is 29.0. The Labute approximate surface area is 286 Å². The van der Waals surface area contributed by atoms with Crippen molar-refractivity contribution in [3.05, 3.63) is 34.9 Å². The Morgan fingerprint density at radius 3 is 2.40 bits per heavy atom. The predicted octanol–water partition coefficient (Wildman–Crippen LogP) is 3.01. The fourth-order valence-electron chi connectivity index (χ4n) is 7.11. The molecule has 0 aromatic heterocycles. The Hall–Kier alpha value is -3.51. The van der Waals surface area contributed by atoms with E-state index in [9.17, 15) is 29.1 Å².